The average Bonchev–Trinajstić information content (AvgIpc) is 2.61. The molecule has 0 aromatic carbocycles. The average molecular weight is 379 g/mol. The summed E-state index contributed by atoms with van der Waals surface area (Å²) in [6.45, 7) is 1.47. The standard InChI is InChI=1S/C16H19F2N7O2/c1-16(17,18)9-3-2-6-25(8-9)10-7-22-15(27)24-13(10)23-14(26)11-12(19)21-5-4-20-11/h4-5,7,9H,2-3,6,8H2,1H3,(H2,19,21)(H2,22,23,24,26,27). The molecular formula is C16H19F2N7O2. The minimum Gasteiger partial charge on any atom is -0.382 e. The SMILES string of the molecule is CC(F)(F)C1CCCN(c2cnc(=O)[nH]c2NC(=O)c2nccnc2N)C1. The lowest BCUT2D eigenvalue weighted by molar-refractivity contribution is -0.0439. The number of H-pyrrole nitrogens is 1. The lowest BCUT2D eigenvalue weighted by Gasteiger charge is -2.37. The van der Waals surface area contributed by atoms with Crippen molar-refractivity contribution in [3.8, 4) is 0 Å². The molecule has 1 aliphatic rings. The number of hydrogen-bond acceptors (Lipinski definition) is 7. The maximum absolute atomic E-state index is 13.7. The number of anilines is 3. The topological polar surface area (TPSA) is 130 Å². The highest BCUT2D eigenvalue weighted by molar-refractivity contribution is 6.06. The minimum absolute atomic E-state index is 0.0464. The number of aromatic nitrogens is 4. The van der Waals surface area contributed by atoms with Gasteiger partial charge in [0.1, 0.15) is 5.82 Å². The smallest absolute Gasteiger partial charge is 0.346 e. The van der Waals surface area contributed by atoms with Crippen LogP contribution in [0.1, 0.15) is 30.3 Å². The van der Waals surface area contributed by atoms with Crippen LogP contribution in [0.2, 0.25) is 0 Å². The van der Waals surface area contributed by atoms with Gasteiger partial charge in [0.05, 0.1) is 11.9 Å². The zero-order valence-electron chi connectivity index (χ0n) is 14.6. The summed E-state index contributed by atoms with van der Waals surface area (Å²) in [7, 11) is 0. The first-order valence-electron chi connectivity index (χ1n) is 8.35. The summed E-state index contributed by atoms with van der Waals surface area (Å²) in [5.74, 6) is -4.37. The molecule has 1 amide bonds. The third-order valence-corrected chi connectivity index (χ3v) is 4.45. The number of piperidine rings is 1. The second-order valence-corrected chi connectivity index (χ2v) is 6.43. The van der Waals surface area contributed by atoms with Gasteiger partial charge in [-0.1, -0.05) is 0 Å². The van der Waals surface area contributed by atoms with Crippen molar-refractivity contribution in [2.75, 3.05) is 29.0 Å². The quantitative estimate of drug-likeness (QED) is 0.729. The van der Waals surface area contributed by atoms with Crippen LogP contribution in [0.3, 0.4) is 0 Å². The van der Waals surface area contributed by atoms with Crippen LogP contribution in [-0.2, 0) is 0 Å². The van der Waals surface area contributed by atoms with Crippen LogP contribution < -0.4 is 21.6 Å². The van der Waals surface area contributed by atoms with Crippen molar-refractivity contribution in [2.24, 2.45) is 5.92 Å². The number of nitrogens with one attached hydrogen (secondary N) is 2. The van der Waals surface area contributed by atoms with Gasteiger partial charge in [0.15, 0.2) is 11.5 Å². The molecule has 0 radical (unpaired) electrons. The Balaban J connectivity index is 1.89. The minimum atomic E-state index is -2.83. The number of hydrogen-bond donors (Lipinski definition) is 3. The highest BCUT2D eigenvalue weighted by Crippen LogP contribution is 2.34. The number of carbonyl (C=O) groups is 1. The van der Waals surface area contributed by atoms with Gasteiger partial charge in [-0.15, -0.1) is 0 Å². The van der Waals surface area contributed by atoms with E-state index in [4.69, 9.17) is 5.73 Å². The molecule has 1 atom stereocenters. The predicted molar refractivity (Wildman–Crippen MR) is 94.8 cm³/mol. The van der Waals surface area contributed by atoms with Gasteiger partial charge >= 0.3 is 5.69 Å². The van der Waals surface area contributed by atoms with Gasteiger partial charge in [0.2, 0.25) is 5.92 Å². The van der Waals surface area contributed by atoms with E-state index in [1.165, 1.54) is 18.6 Å². The Morgan fingerprint density at radius 1 is 1.37 bits per heavy atom. The predicted octanol–water partition coefficient (Wildman–Crippen LogP) is 1.27. The second-order valence-electron chi connectivity index (χ2n) is 6.43. The van der Waals surface area contributed by atoms with Crippen LogP contribution >= 0.6 is 0 Å². The third-order valence-electron chi connectivity index (χ3n) is 4.45. The fourth-order valence-corrected chi connectivity index (χ4v) is 3.03. The molecular weight excluding hydrogens is 360 g/mol. The molecule has 0 spiro atoms. The van der Waals surface area contributed by atoms with Crippen LogP contribution in [0, 0.1) is 5.92 Å². The van der Waals surface area contributed by atoms with Crippen molar-refractivity contribution in [3.63, 3.8) is 0 Å². The molecule has 1 aliphatic heterocycles. The van der Waals surface area contributed by atoms with Crippen LogP contribution in [0.5, 0.6) is 0 Å². The van der Waals surface area contributed by atoms with Crippen molar-refractivity contribution >= 4 is 23.2 Å². The lowest BCUT2D eigenvalue weighted by Crippen LogP contribution is -2.43. The van der Waals surface area contributed by atoms with E-state index in [1.807, 2.05) is 0 Å². The number of nitrogens with zero attached hydrogens (tertiary/aromatic N) is 4. The van der Waals surface area contributed by atoms with Crippen molar-refractivity contribution in [1.29, 1.82) is 0 Å². The largest absolute Gasteiger partial charge is 0.382 e. The monoisotopic (exact) mass is 379 g/mol. The summed E-state index contributed by atoms with van der Waals surface area (Å²) in [4.78, 5) is 39.5. The van der Waals surface area contributed by atoms with E-state index >= 15 is 0 Å². The molecule has 0 bridgehead atoms. The first kappa shape index (κ1) is 18.7. The fraction of sp³-hybridized carbons (Fsp3) is 0.438. The molecule has 2 aromatic heterocycles. The Labute approximate surface area is 153 Å². The molecule has 11 heteroatoms. The Hall–Kier alpha value is -3.11. The number of nitrogen functional groups attached to an aromatic ring is 1. The zero-order valence-corrected chi connectivity index (χ0v) is 14.6. The molecule has 9 nitrogen and oxygen atoms in total. The Kier molecular flexibility index (Phi) is 5.02. The van der Waals surface area contributed by atoms with E-state index < -0.39 is 23.4 Å². The molecule has 27 heavy (non-hydrogen) atoms. The molecule has 1 fully saturated rings. The van der Waals surface area contributed by atoms with Crippen molar-refractivity contribution in [2.45, 2.75) is 25.7 Å². The Morgan fingerprint density at radius 3 is 2.81 bits per heavy atom. The van der Waals surface area contributed by atoms with E-state index in [-0.39, 0.29) is 23.9 Å². The number of rotatable bonds is 4. The van der Waals surface area contributed by atoms with Crippen LogP contribution in [0.4, 0.5) is 26.1 Å². The maximum atomic E-state index is 13.7. The fourth-order valence-electron chi connectivity index (χ4n) is 3.03. The number of nitrogens with two attached hydrogens (primary N) is 1. The van der Waals surface area contributed by atoms with Crippen molar-refractivity contribution < 1.29 is 13.6 Å². The summed E-state index contributed by atoms with van der Waals surface area (Å²) in [5, 5.41) is 2.51. The molecule has 1 unspecified atom stereocenters. The van der Waals surface area contributed by atoms with Gasteiger partial charge in [-0.25, -0.2) is 23.5 Å². The summed E-state index contributed by atoms with van der Waals surface area (Å²) in [6, 6.07) is 0. The van der Waals surface area contributed by atoms with E-state index in [2.05, 4.69) is 25.3 Å². The van der Waals surface area contributed by atoms with Crippen molar-refractivity contribution in [3.05, 3.63) is 34.8 Å². The molecule has 1 saturated heterocycles. The summed E-state index contributed by atoms with van der Waals surface area (Å²) in [5.41, 5.74) is 5.19. The molecule has 3 rings (SSSR count). The van der Waals surface area contributed by atoms with Gasteiger partial charge < -0.3 is 16.0 Å². The third kappa shape index (κ3) is 4.18. The number of halogens is 2. The van der Waals surface area contributed by atoms with Gasteiger partial charge in [0.25, 0.3) is 5.91 Å². The number of amides is 1. The van der Waals surface area contributed by atoms with Crippen LogP contribution in [-0.4, -0.2) is 44.9 Å². The van der Waals surface area contributed by atoms with Gasteiger partial charge in [-0.2, -0.15) is 4.98 Å². The summed E-state index contributed by atoms with van der Waals surface area (Å²) in [6.07, 6.45) is 4.85. The van der Waals surface area contributed by atoms with E-state index in [9.17, 15) is 18.4 Å². The van der Waals surface area contributed by atoms with E-state index in [0.29, 0.717) is 25.1 Å². The second kappa shape index (κ2) is 7.25. The van der Waals surface area contributed by atoms with Gasteiger partial charge in [0, 0.05) is 31.4 Å². The van der Waals surface area contributed by atoms with Crippen molar-refractivity contribution in [1.82, 2.24) is 19.9 Å². The normalized spacial score (nSPS) is 17.6. The Bertz CT molecular complexity index is 897. The molecule has 144 valence electrons. The lowest BCUT2D eigenvalue weighted by atomic mass is 9.92. The first-order valence-corrected chi connectivity index (χ1v) is 8.35. The zero-order chi connectivity index (χ0) is 19.6. The maximum Gasteiger partial charge on any atom is 0.346 e. The number of aromatic amines is 1. The molecule has 4 N–H and O–H groups in total. The first-order chi connectivity index (χ1) is 12.8. The molecule has 2 aromatic rings. The van der Waals surface area contributed by atoms with Gasteiger partial charge in [-0.3, -0.25) is 9.78 Å². The van der Waals surface area contributed by atoms with E-state index in [0.717, 1.165) is 6.92 Å². The summed E-state index contributed by atoms with van der Waals surface area (Å²) >= 11 is 0. The van der Waals surface area contributed by atoms with Crippen LogP contribution in [0.15, 0.2) is 23.4 Å². The highest BCUT2D eigenvalue weighted by atomic mass is 19.3. The van der Waals surface area contributed by atoms with E-state index in [1.54, 1.807) is 4.90 Å². The van der Waals surface area contributed by atoms with Crippen LogP contribution in [0.25, 0.3) is 0 Å². The molecule has 3 heterocycles. The molecule has 0 saturated carbocycles. The number of carbonyl (C=O) groups excluding carboxylic acids is 1. The highest BCUT2D eigenvalue weighted by Gasteiger charge is 2.37. The summed E-state index contributed by atoms with van der Waals surface area (Å²) < 4.78 is 27.5. The molecule has 0 aliphatic carbocycles. The number of alkyl halides is 2. The Morgan fingerprint density at radius 2 is 2.11 bits per heavy atom. The van der Waals surface area contributed by atoms with Gasteiger partial charge in [-0.05, 0) is 19.8 Å².